The van der Waals surface area contributed by atoms with E-state index in [-0.39, 0.29) is 18.3 Å². The molecule has 1 saturated heterocycles. The van der Waals surface area contributed by atoms with Crippen LogP contribution >= 0.6 is 23.7 Å². The number of nitrogens with one attached hydrogen (secondary N) is 1. The number of carbonyl (C=O) groups is 1. The van der Waals surface area contributed by atoms with Gasteiger partial charge in [-0.3, -0.25) is 9.69 Å². The van der Waals surface area contributed by atoms with Crippen molar-refractivity contribution in [2.75, 3.05) is 44.3 Å². The molecular formula is C20H26ClN3O3S. The highest BCUT2D eigenvalue weighted by molar-refractivity contribution is 7.09. The molecule has 1 fully saturated rings. The predicted molar refractivity (Wildman–Crippen MR) is 114 cm³/mol. The standard InChI is InChI=1S/C20H25N3O3S.ClH/c1-15-12-21-6-7-22(15)14-20(24)23(13-17-3-2-10-27-17)16-4-5-18-19(11-16)26-9-8-25-18;/h2-5,10-11,15,21H,6-9,12-14H2,1H3;1H/t15-;/m1./s1. The average molecular weight is 424 g/mol. The minimum atomic E-state index is 0. The summed E-state index contributed by atoms with van der Waals surface area (Å²) in [5, 5.41) is 5.42. The fourth-order valence-corrected chi connectivity index (χ4v) is 4.15. The number of halogens is 1. The molecule has 0 spiro atoms. The normalized spacial score (nSPS) is 19.0. The zero-order valence-electron chi connectivity index (χ0n) is 15.9. The average Bonchev–Trinajstić information content (AvgIpc) is 3.21. The highest BCUT2D eigenvalue weighted by Crippen LogP contribution is 2.34. The van der Waals surface area contributed by atoms with Gasteiger partial charge in [0.2, 0.25) is 5.91 Å². The van der Waals surface area contributed by atoms with Crippen molar-refractivity contribution < 1.29 is 14.3 Å². The van der Waals surface area contributed by atoms with Gasteiger partial charge >= 0.3 is 0 Å². The van der Waals surface area contributed by atoms with Crippen LogP contribution in [0.15, 0.2) is 35.7 Å². The number of carbonyl (C=O) groups excluding carboxylic acids is 1. The molecule has 1 amide bonds. The number of piperazine rings is 1. The molecule has 1 aromatic carbocycles. The molecule has 1 N–H and O–H groups in total. The van der Waals surface area contributed by atoms with Crippen molar-refractivity contribution >= 4 is 35.3 Å². The number of fused-ring (bicyclic) bond motifs is 1. The molecule has 8 heteroatoms. The van der Waals surface area contributed by atoms with Crippen molar-refractivity contribution in [1.29, 1.82) is 0 Å². The molecule has 0 radical (unpaired) electrons. The number of benzene rings is 1. The van der Waals surface area contributed by atoms with Crippen molar-refractivity contribution in [3.05, 3.63) is 40.6 Å². The summed E-state index contributed by atoms with van der Waals surface area (Å²) in [6.45, 7) is 6.97. The molecule has 6 nitrogen and oxygen atoms in total. The molecule has 2 aliphatic heterocycles. The van der Waals surface area contributed by atoms with Crippen LogP contribution in [0.25, 0.3) is 0 Å². The second-order valence-corrected chi connectivity index (χ2v) is 7.94. The number of rotatable bonds is 5. The first kappa shape index (κ1) is 20.9. The van der Waals surface area contributed by atoms with Crippen LogP contribution in [0.5, 0.6) is 11.5 Å². The van der Waals surface area contributed by atoms with E-state index in [4.69, 9.17) is 9.47 Å². The highest BCUT2D eigenvalue weighted by atomic mass is 35.5. The van der Waals surface area contributed by atoms with E-state index in [0.717, 1.165) is 35.9 Å². The lowest BCUT2D eigenvalue weighted by atomic mass is 10.2. The van der Waals surface area contributed by atoms with Gasteiger partial charge in [0.15, 0.2) is 11.5 Å². The number of hydrogen-bond donors (Lipinski definition) is 1. The van der Waals surface area contributed by atoms with Crippen molar-refractivity contribution in [2.45, 2.75) is 19.5 Å². The van der Waals surface area contributed by atoms with E-state index in [1.54, 1.807) is 11.3 Å². The lowest BCUT2D eigenvalue weighted by molar-refractivity contribution is -0.120. The van der Waals surface area contributed by atoms with Crippen molar-refractivity contribution in [3.8, 4) is 11.5 Å². The van der Waals surface area contributed by atoms with Gasteiger partial charge in [-0.2, -0.15) is 0 Å². The van der Waals surface area contributed by atoms with Gasteiger partial charge in [0.25, 0.3) is 0 Å². The molecule has 0 aliphatic carbocycles. The highest BCUT2D eigenvalue weighted by Gasteiger charge is 2.25. The van der Waals surface area contributed by atoms with Crippen LogP contribution in [0.4, 0.5) is 5.69 Å². The van der Waals surface area contributed by atoms with Crippen LogP contribution < -0.4 is 19.7 Å². The Morgan fingerprint density at radius 2 is 2.11 bits per heavy atom. The Morgan fingerprint density at radius 3 is 2.86 bits per heavy atom. The minimum Gasteiger partial charge on any atom is -0.486 e. The van der Waals surface area contributed by atoms with Gasteiger partial charge in [-0.05, 0) is 30.5 Å². The van der Waals surface area contributed by atoms with Gasteiger partial charge in [-0.1, -0.05) is 6.07 Å². The second-order valence-electron chi connectivity index (χ2n) is 6.91. The van der Waals surface area contributed by atoms with Crippen molar-refractivity contribution in [1.82, 2.24) is 10.2 Å². The third-order valence-corrected chi connectivity index (χ3v) is 5.87. The molecule has 2 aromatic rings. The van der Waals surface area contributed by atoms with Gasteiger partial charge in [-0.25, -0.2) is 0 Å². The lowest BCUT2D eigenvalue weighted by Crippen LogP contribution is -2.53. The predicted octanol–water partition coefficient (Wildman–Crippen LogP) is 2.77. The van der Waals surface area contributed by atoms with E-state index in [1.165, 1.54) is 0 Å². The van der Waals surface area contributed by atoms with E-state index in [9.17, 15) is 4.79 Å². The number of hydrogen-bond acceptors (Lipinski definition) is 6. The zero-order chi connectivity index (χ0) is 18.6. The lowest BCUT2D eigenvalue weighted by Gasteiger charge is -2.35. The van der Waals surface area contributed by atoms with Crippen LogP contribution in [0.2, 0.25) is 0 Å². The summed E-state index contributed by atoms with van der Waals surface area (Å²) < 4.78 is 11.3. The molecule has 1 atom stereocenters. The summed E-state index contributed by atoms with van der Waals surface area (Å²) in [5.41, 5.74) is 0.848. The number of anilines is 1. The van der Waals surface area contributed by atoms with Gasteiger partial charge in [0.1, 0.15) is 13.2 Å². The first-order valence-corrected chi connectivity index (χ1v) is 10.3. The van der Waals surface area contributed by atoms with Crippen LogP contribution in [-0.2, 0) is 11.3 Å². The van der Waals surface area contributed by atoms with E-state index < -0.39 is 0 Å². The van der Waals surface area contributed by atoms with Crippen molar-refractivity contribution in [2.24, 2.45) is 0 Å². The molecule has 0 bridgehead atoms. The van der Waals surface area contributed by atoms with Gasteiger partial charge < -0.3 is 19.7 Å². The topological polar surface area (TPSA) is 54.0 Å². The van der Waals surface area contributed by atoms with E-state index in [2.05, 4.69) is 23.2 Å². The maximum absolute atomic E-state index is 13.2. The molecule has 3 heterocycles. The van der Waals surface area contributed by atoms with Gasteiger partial charge in [-0.15, -0.1) is 23.7 Å². The maximum atomic E-state index is 13.2. The number of thiophene rings is 1. The number of amides is 1. The summed E-state index contributed by atoms with van der Waals surface area (Å²) in [7, 11) is 0. The Balaban J connectivity index is 0.00000225. The van der Waals surface area contributed by atoms with Crippen LogP contribution in [0.3, 0.4) is 0 Å². The van der Waals surface area contributed by atoms with Gasteiger partial charge in [0, 0.05) is 42.3 Å². The summed E-state index contributed by atoms with van der Waals surface area (Å²) in [6.07, 6.45) is 0. The fourth-order valence-electron chi connectivity index (χ4n) is 3.46. The van der Waals surface area contributed by atoms with E-state index in [1.807, 2.05) is 34.5 Å². The Labute approximate surface area is 175 Å². The van der Waals surface area contributed by atoms with Crippen molar-refractivity contribution in [3.63, 3.8) is 0 Å². The molecule has 4 rings (SSSR count). The van der Waals surface area contributed by atoms with Gasteiger partial charge in [0.05, 0.1) is 13.1 Å². The SMILES string of the molecule is C[C@@H]1CNCCN1CC(=O)N(Cc1cccs1)c1ccc2c(c1)OCCO2.Cl. The Hall–Kier alpha value is -1.80. The summed E-state index contributed by atoms with van der Waals surface area (Å²) in [4.78, 5) is 18.5. The third-order valence-electron chi connectivity index (χ3n) is 5.01. The molecule has 0 unspecified atom stereocenters. The summed E-state index contributed by atoms with van der Waals surface area (Å²) in [6, 6.07) is 10.2. The Morgan fingerprint density at radius 1 is 1.29 bits per heavy atom. The van der Waals surface area contributed by atoms with E-state index >= 15 is 0 Å². The molecule has 0 saturated carbocycles. The van der Waals surface area contributed by atoms with Crippen LogP contribution in [0.1, 0.15) is 11.8 Å². The Kier molecular flexibility index (Phi) is 7.18. The van der Waals surface area contributed by atoms with Crippen LogP contribution in [0, 0.1) is 0 Å². The summed E-state index contributed by atoms with van der Waals surface area (Å²) in [5.74, 6) is 1.55. The number of ether oxygens (including phenoxy) is 2. The quantitative estimate of drug-likeness (QED) is 0.801. The largest absolute Gasteiger partial charge is 0.486 e. The Bertz CT molecular complexity index is 787. The molecule has 152 valence electrons. The maximum Gasteiger partial charge on any atom is 0.241 e. The summed E-state index contributed by atoms with van der Waals surface area (Å²) >= 11 is 1.67. The first-order chi connectivity index (χ1) is 13.2. The fraction of sp³-hybridized carbons (Fsp3) is 0.450. The molecule has 1 aromatic heterocycles. The molecule has 2 aliphatic rings. The monoisotopic (exact) mass is 423 g/mol. The third kappa shape index (κ3) is 4.78. The second kappa shape index (κ2) is 9.60. The van der Waals surface area contributed by atoms with Crippen LogP contribution in [-0.4, -0.2) is 56.2 Å². The zero-order valence-corrected chi connectivity index (χ0v) is 17.6. The number of nitrogens with zero attached hydrogens (tertiary/aromatic N) is 2. The van der Waals surface area contributed by atoms with E-state index in [0.29, 0.717) is 38.1 Å². The smallest absolute Gasteiger partial charge is 0.241 e. The first-order valence-electron chi connectivity index (χ1n) is 9.38. The molecular weight excluding hydrogens is 398 g/mol. The minimum absolute atomic E-state index is 0. The molecule has 28 heavy (non-hydrogen) atoms.